The third kappa shape index (κ3) is 3.79. The van der Waals surface area contributed by atoms with Gasteiger partial charge in [0.25, 0.3) is 0 Å². The van der Waals surface area contributed by atoms with E-state index in [1.807, 2.05) is 32.9 Å². The molecule has 0 aliphatic carbocycles. The summed E-state index contributed by atoms with van der Waals surface area (Å²) in [5, 5.41) is 9.36. The molecule has 0 radical (unpaired) electrons. The standard InChI is InChI=1S/C16H18IN5O2/c1-4-23-12-6-9(5-11(17)14(12)24-8(2)3)13-10(7-18)15(19)22-16(20)21-13/h5-6,8H,4H2,1-3H3,(H4,19,20,21,22). The fraction of sp³-hybridized carbons (Fsp3) is 0.312. The van der Waals surface area contributed by atoms with Crippen LogP contribution in [0.2, 0.25) is 0 Å². The van der Waals surface area contributed by atoms with E-state index in [9.17, 15) is 5.26 Å². The zero-order valence-corrected chi connectivity index (χ0v) is 15.8. The van der Waals surface area contributed by atoms with Gasteiger partial charge in [-0.1, -0.05) is 0 Å². The van der Waals surface area contributed by atoms with Gasteiger partial charge in [0.05, 0.1) is 22.0 Å². The van der Waals surface area contributed by atoms with Crippen molar-refractivity contribution in [3.63, 3.8) is 0 Å². The Morgan fingerprint density at radius 2 is 2.00 bits per heavy atom. The molecular formula is C16H18IN5O2. The normalized spacial score (nSPS) is 10.5. The first kappa shape index (κ1) is 18.1. The number of anilines is 2. The summed E-state index contributed by atoms with van der Waals surface area (Å²) in [6, 6.07) is 5.65. The first-order chi connectivity index (χ1) is 11.4. The van der Waals surface area contributed by atoms with E-state index < -0.39 is 0 Å². The molecular weight excluding hydrogens is 421 g/mol. The SMILES string of the molecule is CCOc1cc(-c2nc(N)nc(N)c2C#N)cc(I)c1OC(C)C. The molecule has 1 aromatic heterocycles. The van der Waals surface area contributed by atoms with E-state index in [1.54, 1.807) is 6.07 Å². The maximum atomic E-state index is 9.36. The monoisotopic (exact) mass is 439 g/mol. The summed E-state index contributed by atoms with van der Waals surface area (Å²) in [6.45, 7) is 6.26. The molecule has 1 aromatic carbocycles. The second-order valence-corrected chi connectivity index (χ2v) is 6.35. The van der Waals surface area contributed by atoms with E-state index in [2.05, 4.69) is 32.6 Å². The lowest BCUT2D eigenvalue weighted by Gasteiger charge is -2.18. The van der Waals surface area contributed by atoms with Crippen molar-refractivity contribution < 1.29 is 9.47 Å². The highest BCUT2D eigenvalue weighted by molar-refractivity contribution is 14.1. The highest BCUT2D eigenvalue weighted by atomic mass is 127. The number of nitrogens with two attached hydrogens (primary N) is 2. The Balaban J connectivity index is 2.67. The molecule has 0 aliphatic rings. The number of aromatic nitrogens is 2. The smallest absolute Gasteiger partial charge is 0.222 e. The van der Waals surface area contributed by atoms with Gasteiger partial charge in [-0.25, -0.2) is 4.98 Å². The topological polar surface area (TPSA) is 120 Å². The van der Waals surface area contributed by atoms with Gasteiger partial charge in [0.1, 0.15) is 17.5 Å². The van der Waals surface area contributed by atoms with Crippen molar-refractivity contribution in [3.8, 4) is 28.8 Å². The summed E-state index contributed by atoms with van der Waals surface area (Å²) >= 11 is 2.16. The summed E-state index contributed by atoms with van der Waals surface area (Å²) in [4.78, 5) is 8.01. The van der Waals surface area contributed by atoms with Crippen LogP contribution in [0.4, 0.5) is 11.8 Å². The zero-order valence-electron chi connectivity index (χ0n) is 13.6. The van der Waals surface area contributed by atoms with E-state index in [0.717, 1.165) is 3.57 Å². The number of nitrogen functional groups attached to an aromatic ring is 2. The van der Waals surface area contributed by atoms with Gasteiger partial charge in [-0.2, -0.15) is 10.2 Å². The molecule has 0 amide bonds. The maximum absolute atomic E-state index is 9.36. The number of hydrogen-bond acceptors (Lipinski definition) is 7. The molecule has 7 nitrogen and oxygen atoms in total. The van der Waals surface area contributed by atoms with Crippen molar-refractivity contribution >= 4 is 34.4 Å². The molecule has 0 atom stereocenters. The largest absolute Gasteiger partial charge is 0.490 e. The number of nitriles is 1. The highest BCUT2D eigenvalue weighted by Crippen LogP contribution is 2.39. The molecule has 126 valence electrons. The van der Waals surface area contributed by atoms with E-state index in [1.165, 1.54) is 0 Å². The van der Waals surface area contributed by atoms with E-state index in [-0.39, 0.29) is 23.4 Å². The van der Waals surface area contributed by atoms with Crippen LogP contribution in [0.25, 0.3) is 11.3 Å². The average Bonchev–Trinajstić information content (AvgIpc) is 2.49. The predicted molar refractivity (Wildman–Crippen MR) is 101 cm³/mol. The van der Waals surface area contributed by atoms with Gasteiger partial charge in [-0.05, 0) is 55.5 Å². The first-order valence-electron chi connectivity index (χ1n) is 7.33. The van der Waals surface area contributed by atoms with Crippen LogP contribution in [-0.2, 0) is 0 Å². The molecule has 0 saturated heterocycles. The summed E-state index contributed by atoms with van der Waals surface area (Å²) in [5.74, 6) is 1.30. The average molecular weight is 439 g/mol. The summed E-state index contributed by atoms with van der Waals surface area (Å²) in [7, 11) is 0. The number of benzene rings is 1. The third-order valence-electron chi connectivity index (χ3n) is 3.00. The molecule has 0 bridgehead atoms. The predicted octanol–water partition coefficient (Wildman–Crippen LogP) is 2.97. The van der Waals surface area contributed by atoms with Gasteiger partial charge in [-0.15, -0.1) is 0 Å². The molecule has 0 saturated carbocycles. The number of nitrogens with zero attached hydrogens (tertiary/aromatic N) is 3. The van der Waals surface area contributed by atoms with E-state index in [4.69, 9.17) is 20.9 Å². The van der Waals surface area contributed by atoms with Crippen molar-refractivity contribution in [1.82, 2.24) is 9.97 Å². The summed E-state index contributed by atoms with van der Waals surface area (Å²) in [6.07, 6.45) is 0.00332. The molecule has 1 heterocycles. The Morgan fingerprint density at radius 1 is 1.29 bits per heavy atom. The van der Waals surface area contributed by atoms with Gasteiger partial charge >= 0.3 is 0 Å². The van der Waals surface area contributed by atoms with Gasteiger partial charge in [0.15, 0.2) is 11.5 Å². The van der Waals surface area contributed by atoms with Crippen molar-refractivity contribution in [2.45, 2.75) is 26.9 Å². The second kappa shape index (κ2) is 7.53. The fourth-order valence-corrected chi connectivity index (χ4v) is 2.86. The summed E-state index contributed by atoms with van der Waals surface area (Å²) < 4.78 is 12.4. The highest BCUT2D eigenvalue weighted by Gasteiger charge is 2.19. The van der Waals surface area contributed by atoms with Crippen LogP contribution < -0.4 is 20.9 Å². The molecule has 24 heavy (non-hydrogen) atoms. The second-order valence-electron chi connectivity index (χ2n) is 5.19. The van der Waals surface area contributed by atoms with Gasteiger partial charge < -0.3 is 20.9 Å². The third-order valence-corrected chi connectivity index (χ3v) is 3.80. The van der Waals surface area contributed by atoms with Crippen LogP contribution in [0.1, 0.15) is 26.3 Å². The summed E-state index contributed by atoms with van der Waals surface area (Å²) in [5.41, 5.74) is 12.7. The van der Waals surface area contributed by atoms with Crippen molar-refractivity contribution in [1.29, 1.82) is 5.26 Å². The maximum Gasteiger partial charge on any atom is 0.222 e. The Hall–Kier alpha value is -2.28. The number of rotatable bonds is 5. The van der Waals surface area contributed by atoms with E-state index in [0.29, 0.717) is 29.4 Å². The van der Waals surface area contributed by atoms with Crippen molar-refractivity contribution in [2.24, 2.45) is 0 Å². The van der Waals surface area contributed by atoms with Crippen LogP contribution >= 0.6 is 22.6 Å². The molecule has 0 aliphatic heterocycles. The van der Waals surface area contributed by atoms with Gasteiger partial charge in [-0.3, -0.25) is 0 Å². The lowest BCUT2D eigenvalue weighted by molar-refractivity contribution is 0.222. The minimum absolute atomic E-state index is 0.00332. The van der Waals surface area contributed by atoms with Crippen LogP contribution in [0.5, 0.6) is 11.5 Å². The lowest BCUT2D eigenvalue weighted by atomic mass is 10.1. The fourth-order valence-electron chi connectivity index (χ4n) is 2.13. The molecule has 8 heteroatoms. The Bertz CT molecular complexity index is 802. The molecule has 0 spiro atoms. The van der Waals surface area contributed by atoms with Crippen molar-refractivity contribution in [2.75, 3.05) is 18.1 Å². The quantitative estimate of drug-likeness (QED) is 0.688. The zero-order chi connectivity index (χ0) is 17.9. The Morgan fingerprint density at radius 3 is 2.58 bits per heavy atom. The first-order valence-corrected chi connectivity index (χ1v) is 8.41. The van der Waals surface area contributed by atoms with Crippen LogP contribution in [0, 0.1) is 14.9 Å². The molecule has 0 fully saturated rings. The lowest BCUT2D eigenvalue weighted by Crippen LogP contribution is -2.09. The Kier molecular flexibility index (Phi) is 5.66. The molecule has 0 unspecified atom stereocenters. The molecule has 2 rings (SSSR count). The minimum atomic E-state index is 0.00332. The van der Waals surface area contributed by atoms with Crippen LogP contribution in [0.3, 0.4) is 0 Å². The number of ether oxygens (including phenoxy) is 2. The number of hydrogen-bond donors (Lipinski definition) is 2. The van der Waals surface area contributed by atoms with Crippen molar-refractivity contribution in [3.05, 3.63) is 21.3 Å². The van der Waals surface area contributed by atoms with E-state index >= 15 is 0 Å². The van der Waals surface area contributed by atoms with Gasteiger partial charge in [0.2, 0.25) is 5.95 Å². The van der Waals surface area contributed by atoms with Crippen LogP contribution in [-0.4, -0.2) is 22.7 Å². The minimum Gasteiger partial charge on any atom is -0.490 e. The molecule has 2 aromatic rings. The molecule has 4 N–H and O–H groups in total. The number of halogens is 1. The van der Waals surface area contributed by atoms with Gasteiger partial charge in [0, 0.05) is 5.56 Å². The Labute approximate surface area is 154 Å². The van der Waals surface area contributed by atoms with Crippen LogP contribution in [0.15, 0.2) is 12.1 Å².